The van der Waals surface area contributed by atoms with Crippen LogP contribution in [0.4, 0.5) is 0 Å². The van der Waals surface area contributed by atoms with Crippen molar-refractivity contribution in [3.05, 3.63) is 44.8 Å². The van der Waals surface area contributed by atoms with Gasteiger partial charge in [0.2, 0.25) is 0 Å². The van der Waals surface area contributed by atoms with Gasteiger partial charge >= 0.3 is 5.97 Å². The summed E-state index contributed by atoms with van der Waals surface area (Å²) in [5.74, 6) is -1.44. The van der Waals surface area contributed by atoms with E-state index in [1.807, 2.05) is 0 Å². The van der Waals surface area contributed by atoms with E-state index in [0.29, 0.717) is 0 Å². The molecule has 2 N–H and O–H groups in total. The lowest BCUT2D eigenvalue weighted by Gasteiger charge is -1.85. The minimum atomic E-state index is -2.84. The van der Waals surface area contributed by atoms with Crippen LogP contribution < -0.4 is 0 Å². The van der Waals surface area contributed by atoms with Gasteiger partial charge in [0.15, 0.2) is 0 Å². The first-order valence-electron chi connectivity index (χ1n) is 7.44. The fourth-order valence-electron chi connectivity index (χ4n) is 0.860. The van der Waals surface area contributed by atoms with Gasteiger partial charge in [-0.05, 0) is 22.9 Å². The van der Waals surface area contributed by atoms with Crippen LogP contribution in [0.25, 0.3) is 0 Å². The number of thiophene rings is 2. The minimum absolute atomic E-state index is 0.190. The highest BCUT2D eigenvalue weighted by molar-refractivity contribution is 7.10. The Morgan fingerprint density at radius 2 is 1.82 bits per heavy atom. The molecule has 2 heterocycles. The number of carbonyl (C=O) groups is 1. The average Bonchev–Trinajstić information content (AvgIpc) is 3.12. The highest BCUT2D eigenvalue weighted by Crippen LogP contribution is 2.08. The van der Waals surface area contributed by atoms with E-state index in [9.17, 15) is 4.79 Å². The number of aliphatic carboxylic acids is 1. The largest absolute Gasteiger partial charge is 0.481 e. The zero-order valence-electron chi connectivity index (χ0n) is 14.6. The molecule has 2 aromatic rings. The fraction of sp³-hybridized carbons (Fsp3) is 0.250. The van der Waals surface area contributed by atoms with E-state index in [-0.39, 0.29) is 9.75 Å². The average molecular weight is 276 g/mol. The normalized spacial score (nSPS) is 17.2. The van der Waals surface area contributed by atoms with Gasteiger partial charge in [0.05, 0.1) is 9.11 Å². The van der Waals surface area contributed by atoms with Crippen molar-refractivity contribution in [1.29, 1.82) is 0 Å². The van der Waals surface area contributed by atoms with Crippen molar-refractivity contribution in [2.24, 2.45) is 0 Å². The van der Waals surface area contributed by atoms with Crippen molar-refractivity contribution >= 4 is 28.6 Å². The van der Waals surface area contributed by atoms with E-state index in [4.69, 9.17) is 18.4 Å². The van der Waals surface area contributed by atoms with E-state index in [0.717, 1.165) is 22.7 Å². The Morgan fingerprint density at radius 1 is 1.24 bits per heavy atom. The Hall–Kier alpha value is -1.17. The number of aryl methyl sites for hydroxylation is 1. The summed E-state index contributed by atoms with van der Waals surface area (Å²) in [5.41, 5.74) is 0. The molecule has 0 aromatic carbocycles. The van der Waals surface area contributed by atoms with Gasteiger partial charge in [0.25, 0.3) is 0 Å². The first-order chi connectivity index (χ1) is 10.4. The van der Waals surface area contributed by atoms with Crippen LogP contribution in [0, 0.1) is 0 Å². The standard InChI is InChI=1S/C6H6O2S.C6H8OS/c7-6(8)4-5-2-1-3-9-5;7-4-3-6-2-1-5-8-6/h1-3H,4H2,(H,7,8);1-2,5,7H,3-4H2/i4D2;3D2,4D2. The summed E-state index contributed by atoms with van der Waals surface area (Å²) >= 11 is 2.18. The number of rotatable bonds is 4. The molecule has 0 spiro atoms. The van der Waals surface area contributed by atoms with E-state index in [2.05, 4.69) is 0 Å². The topological polar surface area (TPSA) is 57.5 Å². The Balaban J connectivity index is 0.000000231. The van der Waals surface area contributed by atoms with Gasteiger partial charge < -0.3 is 10.2 Å². The van der Waals surface area contributed by atoms with Crippen molar-refractivity contribution in [2.75, 3.05) is 6.56 Å². The molecule has 0 saturated carbocycles. The molecule has 0 atom stereocenters. The maximum absolute atomic E-state index is 10.4. The number of hydrogen-bond acceptors (Lipinski definition) is 4. The third-order valence-corrected chi connectivity index (χ3v) is 3.02. The number of aliphatic hydroxyl groups is 1. The Bertz CT molecular complexity index is 620. The van der Waals surface area contributed by atoms with Crippen LogP contribution in [0.3, 0.4) is 0 Å². The van der Waals surface area contributed by atoms with Crippen LogP contribution in [0.1, 0.15) is 18.0 Å². The van der Waals surface area contributed by atoms with Crippen LogP contribution in [0.15, 0.2) is 35.0 Å². The lowest BCUT2D eigenvalue weighted by Crippen LogP contribution is -1.96. The van der Waals surface area contributed by atoms with Gasteiger partial charge in [0, 0.05) is 28.2 Å². The molecule has 0 aliphatic carbocycles. The van der Waals surface area contributed by atoms with Gasteiger partial charge in [-0.1, -0.05) is 12.1 Å². The smallest absolute Gasteiger partial charge is 0.308 e. The third kappa shape index (κ3) is 6.21. The molecule has 0 aliphatic rings. The number of carboxylic acids is 1. The molecule has 0 amide bonds. The zero-order valence-corrected chi connectivity index (χ0v) is 10.2. The van der Waals surface area contributed by atoms with Gasteiger partial charge in [0.1, 0.15) is 0 Å². The van der Waals surface area contributed by atoms with Crippen LogP contribution in [0.5, 0.6) is 0 Å². The summed E-state index contributed by atoms with van der Waals surface area (Å²) in [6, 6.07) is 6.17. The van der Waals surface area contributed by atoms with Crippen molar-refractivity contribution in [3.8, 4) is 0 Å². The molecule has 0 unspecified atom stereocenters. The summed E-state index contributed by atoms with van der Waals surface area (Å²) in [6.07, 6.45) is -4.57. The molecular weight excluding hydrogens is 256 g/mol. The second-order valence-corrected chi connectivity index (χ2v) is 4.52. The predicted molar refractivity (Wildman–Crippen MR) is 70.8 cm³/mol. The molecule has 17 heavy (non-hydrogen) atoms. The van der Waals surface area contributed by atoms with Gasteiger partial charge in [-0.15, -0.1) is 22.7 Å². The summed E-state index contributed by atoms with van der Waals surface area (Å²) in [6.45, 7) is -2.84. The predicted octanol–water partition coefficient (Wildman–Crippen LogP) is 2.66. The first kappa shape index (κ1) is 7.31. The lowest BCUT2D eigenvalue weighted by atomic mass is 10.3. The van der Waals surface area contributed by atoms with E-state index >= 15 is 0 Å². The van der Waals surface area contributed by atoms with Crippen molar-refractivity contribution in [2.45, 2.75) is 12.7 Å². The molecule has 3 nitrogen and oxygen atoms in total. The quantitative estimate of drug-likeness (QED) is 0.902. The van der Waals surface area contributed by atoms with Crippen molar-refractivity contribution in [1.82, 2.24) is 0 Å². The van der Waals surface area contributed by atoms with E-state index in [1.165, 1.54) is 12.1 Å². The summed E-state index contributed by atoms with van der Waals surface area (Å²) in [5, 5.41) is 20.6. The molecule has 5 heteroatoms. The second-order valence-electron chi connectivity index (χ2n) is 2.62. The van der Waals surface area contributed by atoms with Gasteiger partial charge in [-0.3, -0.25) is 4.79 Å². The zero-order chi connectivity index (χ0) is 17.9. The van der Waals surface area contributed by atoms with Crippen LogP contribution in [0.2, 0.25) is 0 Å². The SMILES string of the molecule is [2H]C([2H])(C(=O)O)c1cccs1.[2H]C([2H])(O)C([2H])([2H])c1cccs1. The van der Waals surface area contributed by atoms with Crippen LogP contribution in [-0.4, -0.2) is 22.7 Å². The minimum Gasteiger partial charge on any atom is -0.481 e. The molecule has 2 rings (SSSR count). The molecule has 0 aliphatic heterocycles. The van der Waals surface area contributed by atoms with Crippen molar-refractivity contribution in [3.63, 3.8) is 0 Å². The van der Waals surface area contributed by atoms with Gasteiger partial charge in [-0.25, -0.2) is 0 Å². The summed E-state index contributed by atoms with van der Waals surface area (Å²) in [4.78, 5) is 10.8. The lowest BCUT2D eigenvalue weighted by molar-refractivity contribution is -0.136. The Labute approximate surface area is 116 Å². The molecule has 92 valence electrons. The Kier molecular flexibility index (Phi) is 3.44. The monoisotopic (exact) mass is 276 g/mol. The first-order valence-corrected chi connectivity index (χ1v) is 6.20. The third-order valence-electron chi connectivity index (χ3n) is 1.45. The Morgan fingerprint density at radius 3 is 2.24 bits per heavy atom. The van der Waals surface area contributed by atoms with Crippen molar-refractivity contribution < 1.29 is 23.2 Å². The molecule has 0 radical (unpaired) electrons. The molecule has 0 bridgehead atoms. The summed E-state index contributed by atoms with van der Waals surface area (Å²) in [7, 11) is 0. The second kappa shape index (κ2) is 8.00. The molecule has 2 aromatic heterocycles. The fourth-order valence-corrected chi connectivity index (χ4v) is 2.03. The summed E-state index contributed by atoms with van der Waals surface area (Å²) < 4.78 is 42.5. The maximum Gasteiger partial charge on any atom is 0.308 e. The highest BCUT2D eigenvalue weighted by Gasteiger charge is 1.98. The van der Waals surface area contributed by atoms with Crippen LogP contribution >= 0.6 is 22.7 Å². The molecule has 0 fully saturated rings. The van der Waals surface area contributed by atoms with E-state index < -0.39 is 25.3 Å². The maximum atomic E-state index is 10.4. The number of carboxylic acid groups (broad SMARTS) is 1. The molecular formula is C12H14O3S2. The highest BCUT2D eigenvalue weighted by atomic mass is 32.1. The molecule has 0 saturated heterocycles. The number of hydrogen-bond donors (Lipinski definition) is 2. The van der Waals surface area contributed by atoms with Crippen LogP contribution in [-0.2, 0) is 17.5 Å². The van der Waals surface area contributed by atoms with Gasteiger partial charge in [-0.2, -0.15) is 0 Å². The van der Waals surface area contributed by atoms with E-state index in [1.54, 1.807) is 22.9 Å².